The molecular weight excluding hydrogens is 310 g/mol. The summed E-state index contributed by atoms with van der Waals surface area (Å²) in [4.78, 5) is 34.6. The molecule has 23 heavy (non-hydrogen) atoms. The van der Waals surface area contributed by atoms with Crippen LogP contribution in [0.5, 0.6) is 0 Å². The number of thiazole rings is 1. The quantitative estimate of drug-likeness (QED) is 0.940. The van der Waals surface area contributed by atoms with Gasteiger partial charge in [0.2, 0.25) is 5.56 Å². The molecule has 122 valence electrons. The monoisotopic (exact) mass is 331 g/mol. The largest absolute Gasteiger partial charge is 0.341 e. The van der Waals surface area contributed by atoms with E-state index in [4.69, 9.17) is 0 Å². The Morgan fingerprint density at radius 1 is 1.43 bits per heavy atom. The number of pyridine rings is 1. The van der Waals surface area contributed by atoms with Crippen LogP contribution in [0, 0.1) is 13.8 Å². The van der Waals surface area contributed by atoms with E-state index in [9.17, 15) is 9.59 Å². The Kier molecular flexibility index (Phi) is 4.35. The molecule has 0 saturated heterocycles. The number of nitrogens with one attached hydrogen (secondary N) is 1. The number of fused-ring (bicyclic) bond motifs is 1. The molecule has 1 aliphatic rings. The summed E-state index contributed by atoms with van der Waals surface area (Å²) in [5.41, 5.74) is 2.07. The van der Waals surface area contributed by atoms with E-state index in [1.807, 2.05) is 6.92 Å². The Morgan fingerprint density at radius 2 is 2.22 bits per heavy atom. The number of aryl methyl sites for hydroxylation is 3. The van der Waals surface area contributed by atoms with Crippen molar-refractivity contribution in [3.63, 3.8) is 0 Å². The molecule has 6 heteroatoms. The first-order valence-electron chi connectivity index (χ1n) is 7.86. The van der Waals surface area contributed by atoms with Crippen molar-refractivity contribution in [2.24, 2.45) is 0 Å². The molecule has 0 fully saturated rings. The third-order valence-corrected chi connectivity index (χ3v) is 5.29. The first-order chi connectivity index (χ1) is 10.9. The van der Waals surface area contributed by atoms with Gasteiger partial charge in [0.05, 0.1) is 10.7 Å². The number of amides is 1. The summed E-state index contributed by atoms with van der Waals surface area (Å²) < 4.78 is 0. The van der Waals surface area contributed by atoms with E-state index < -0.39 is 0 Å². The highest BCUT2D eigenvalue weighted by atomic mass is 32.1. The van der Waals surface area contributed by atoms with Crippen molar-refractivity contribution in [1.29, 1.82) is 0 Å². The van der Waals surface area contributed by atoms with Gasteiger partial charge in [-0.2, -0.15) is 0 Å². The molecule has 3 rings (SSSR count). The van der Waals surface area contributed by atoms with Gasteiger partial charge in [0, 0.05) is 41.7 Å². The van der Waals surface area contributed by atoms with Crippen molar-refractivity contribution < 1.29 is 4.79 Å². The molecule has 0 aliphatic heterocycles. The maximum atomic E-state index is 12.6. The van der Waals surface area contributed by atoms with Crippen LogP contribution < -0.4 is 5.56 Å². The Morgan fingerprint density at radius 3 is 2.96 bits per heavy atom. The number of H-pyrrole nitrogens is 1. The summed E-state index contributed by atoms with van der Waals surface area (Å²) in [6.45, 7) is 4.46. The molecule has 0 saturated carbocycles. The van der Waals surface area contributed by atoms with Gasteiger partial charge in [-0.1, -0.05) is 0 Å². The van der Waals surface area contributed by atoms with Gasteiger partial charge in [0.1, 0.15) is 0 Å². The van der Waals surface area contributed by atoms with E-state index >= 15 is 0 Å². The zero-order chi connectivity index (χ0) is 16.6. The fraction of sp³-hybridized carbons (Fsp3) is 0.471. The Hall–Kier alpha value is -1.95. The van der Waals surface area contributed by atoms with E-state index in [-0.39, 0.29) is 11.5 Å². The standard InChI is InChI=1S/C17H21N3O2S/c1-10-7-13(8-15(21)18-10)17(22)20(3)9-12-5-4-6-14-16(12)19-11(2)23-14/h7-8,12H,4-6,9H2,1-3H3,(H,18,21)/t12-/m0/s1. The topological polar surface area (TPSA) is 66.1 Å². The molecule has 5 nitrogen and oxygen atoms in total. The zero-order valence-corrected chi connectivity index (χ0v) is 14.5. The minimum atomic E-state index is -0.239. The average molecular weight is 331 g/mol. The van der Waals surface area contributed by atoms with Gasteiger partial charge >= 0.3 is 0 Å². The highest BCUT2D eigenvalue weighted by molar-refractivity contribution is 7.11. The van der Waals surface area contributed by atoms with E-state index in [1.54, 1.807) is 36.3 Å². The van der Waals surface area contributed by atoms with E-state index in [0.29, 0.717) is 23.7 Å². The zero-order valence-electron chi connectivity index (χ0n) is 13.7. The molecule has 1 amide bonds. The molecule has 0 bridgehead atoms. The smallest absolute Gasteiger partial charge is 0.253 e. The summed E-state index contributed by atoms with van der Waals surface area (Å²) in [5, 5.41) is 1.10. The van der Waals surface area contributed by atoms with E-state index in [2.05, 4.69) is 9.97 Å². The number of carbonyl (C=O) groups is 1. The van der Waals surface area contributed by atoms with Crippen LogP contribution >= 0.6 is 11.3 Å². The summed E-state index contributed by atoms with van der Waals surface area (Å²) in [6.07, 6.45) is 3.30. The minimum absolute atomic E-state index is 0.113. The SMILES string of the molecule is Cc1cc(C(=O)N(C)C[C@@H]2CCCc3sc(C)nc32)cc(=O)[nH]1. The lowest BCUT2D eigenvalue weighted by Gasteiger charge is -2.26. The molecule has 2 heterocycles. The van der Waals surface area contributed by atoms with Crippen LogP contribution in [-0.4, -0.2) is 34.4 Å². The number of hydrogen-bond donors (Lipinski definition) is 1. The summed E-state index contributed by atoms with van der Waals surface area (Å²) in [6, 6.07) is 3.09. The normalized spacial score (nSPS) is 16.9. The second-order valence-corrected chi connectivity index (χ2v) is 7.52. The molecule has 2 aromatic rings. The third kappa shape index (κ3) is 3.37. The number of carbonyl (C=O) groups excluding carboxylic acids is 1. The van der Waals surface area contributed by atoms with Gasteiger partial charge < -0.3 is 9.88 Å². The Balaban J connectivity index is 1.78. The fourth-order valence-corrected chi connectivity index (χ4v) is 4.31. The average Bonchev–Trinajstić information content (AvgIpc) is 2.86. The first kappa shape index (κ1) is 15.9. The summed E-state index contributed by atoms with van der Waals surface area (Å²) in [7, 11) is 1.80. The van der Waals surface area contributed by atoms with Crippen LogP contribution in [0.25, 0.3) is 0 Å². The minimum Gasteiger partial charge on any atom is -0.341 e. The number of aromatic amines is 1. The highest BCUT2D eigenvalue weighted by Crippen LogP contribution is 2.35. The molecule has 0 spiro atoms. The first-order valence-corrected chi connectivity index (χ1v) is 8.68. The van der Waals surface area contributed by atoms with Crippen molar-refractivity contribution in [2.75, 3.05) is 13.6 Å². The van der Waals surface area contributed by atoms with Crippen molar-refractivity contribution in [3.8, 4) is 0 Å². The molecular formula is C17H21N3O2S. The van der Waals surface area contributed by atoms with E-state index in [0.717, 1.165) is 24.3 Å². The summed E-state index contributed by atoms with van der Waals surface area (Å²) >= 11 is 1.77. The van der Waals surface area contributed by atoms with Crippen LogP contribution in [0.4, 0.5) is 0 Å². The van der Waals surface area contributed by atoms with Crippen molar-refractivity contribution in [3.05, 3.63) is 49.3 Å². The highest BCUT2D eigenvalue weighted by Gasteiger charge is 2.26. The van der Waals surface area contributed by atoms with Crippen molar-refractivity contribution >= 4 is 17.2 Å². The van der Waals surface area contributed by atoms with Crippen molar-refractivity contribution in [2.45, 2.75) is 39.0 Å². The molecule has 1 aliphatic carbocycles. The number of hydrogen-bond acceptors (Lipinski definition) is 4. The maximum Gasteiger partial charge on any atom is 0.253 e. The molecule has 0 aromatic carbocycles. The van der Waals surface area contributed by atoms with Gasteiger partial charge in [0.15, 0.2) is 0 Å². The molecule has 1 atom stereocenters. The number of nitrogens with zero attached hydrogens (tertiary/aromatic N) is 2. The van der Waals surface area contributed by atoms with Crippen LogP contribution in [-0.2, 0) is 6.42 Å². The molecule has 0 radical (unpaired) electrons. The van der Waals surface area contributed by atoms with Crippen LogP contribution in [0.15, 0.2) is 16.9 Å². The lowest BCUT2D eigenvalue weighted by Crippen LogP contribution is -2.33. The molecule has 0 unspecified atom stereocenters. The van der Waals surface area contributed by atoms with Gasteiger partial charge in [0.25, 0.3) is 5.91 Å². The third-order valence-electron chi connectivity index (χ3n) is 4.24. The van der Waals surface area contributed by atoms with Gasteiger partial charge in [-0.3, -0.25) is 9.59 Å². The Bertz CT molecular complexity index is 793. The Labute approximate surface area is 139 Å². The lowest BCUT2D eigenvalue weighted by molar-refractivity contribution is 0.0782. The predicted molar refractivity (Wildman–Crippen MR) is 91.3 cm³/mol. The lowest BCUT2D eigenvalue weighted by atomic mass is 9.90. The summed E-state index contributed by atoms with van der Waals surface area (Å²) in [5.74, 6) is 0.180. The van der Waals surface area contributed by atoms with Crippen molar-refractivity contribution in [1.82, 2.24) is 14.9 Å². The van der Waals surface area contributed by atoms with Crippen LogP contribution in [0.3, 0.4) is 0 Å². The second-order valence-electron chi connectivity index (χ2n) is 6.23. The maximum absolute atomic E-state index is 12.6. The van der Waals surface area contributed by atoms with E-state index in [1.165, 1.54) is 16.6 Å². The number of likely N-dealkylation sites (N-methyl/N-ethyl adjacent to an activating group) is 1. The van der Waals surface area contributed by atoms with Gasteiger partial charge in [-0.15, -0.1) is 11.3 Å². The molecule has 1 N–H and O–H groups in total. The second kappa shape index (κ2) is 6.28. The molecule has 2 aromatic heterocycles. The number of aromatic nitrogens is 2. The number of rotatable bonds is 3. The van der Waals surface area contributed by atoms with Crippen LogP contribution in [0.1, 0.15) is 50.4 Å². The fourth-order valence-electron chi connectivity index (χ4n) is 3.25. The predicted octanol–water partition coefficient (Wildman–Crippen LogP) is 2.64. The van der Waals surface area contributed by atoms with Gasteiger partial charge in [-0.25, -0.2) is 4.98 Å². The van der Waals surface area contributed by atoms with Gasteiger partial charge in [-0.05, 0) is 39.2 Å². The van der Waals surface area contributed by atoms with Crippen LogP contribution in [0.2, 0.25) is 0 Å².